The molecule has 2 N–H and O–H groups in total. The number of rotatable bonds is 6. The smallest absolute Gasteiger partial charge is 0.269 e. The maximum atomic E-state index is 10.4. The molecule has 2 aromatic rings. The molecule has 0 spiro atoms. The van der Waals surface area contributed by atoms with Crippen LogP contribution in [0.1, 0.15) is 30.9 Å². The normalized spacial score (nSPS) is 9.73. The lowest BCUT2D eigenvalue weighted by atomic mass is 10.1. The van der Waals surface area contributed by atoms with Gasteiger partial charge < -0.3 is 5.73 Å². The lowest BCUT2D eigenvalue weighted by molar-refractivity contribution is -0.384. The highest BCUT2D eigenvalue weighted by atomic mass is 16.6. The van der Waals surface area contributed by atoms with Crippen LogP contribution in [0.2, 0.25) is 0 Å². The third-order valence-corrected chi connectivity index (χ3v) is 3.22. The van der Waals surface area contributed by atoms with Crippen LogP contribution in [0.15, 0.2) is 54.6 Å². The van der Waals surface area contributed by atoms with E-state index in [9.17, 15) is 10.1 Å². The van der Waals surface area contributed by atoms with E-state index in [1.54, 1.807) is 12.1 Å². The molecule has 4 heteroatoms. The maximum Gasteiger partial charge on any atom is 0.269 e. The predicted octanol–water partition coefficient (Wildman–Crippen LogP) is 4.13. The SMILES string of the molecule is CCCCc1cccc([N+](=O)[O-])c1.NCCc1ccccc1. The molecule has 2 aromatic carbocycles. The van der Waals surface area contributed by atoms with Crippen molar-refractivity contribution < 1.29 is 4.92 Å². The maximum absolute atomic E-state index is 10.4. The average molecular weight is 300 g/mol. The molecule has 0 heterocycles. The van der Waals surface area contributed by atoms with E-state index >= 15 is 0 Å². The topological polar surface area (TPSA) is 69.2 Å². The van der Waals surface area contributed by atoms with E-state index in [1.165, 1.54) is 11.6 Å². The van der Waals surface area contributed by atoms with Crippen molar-refractivity contribution in [2.24, 2.45) is 5.73 Å². The summed E-state index contributed by atoms with van der Waals surface area (Å²) in [6, 6.07) is 17.1. The summed E-state index contributed by atoms with van der Waals surface area (Å²) in [7, 11) is 0. The Bertz CT molecular complexity index is 556. The molecule has 22 heavy (non-hydrogen) atoms. The Morgan fingerprint density at radius 3 is 2.27 bits per heavy atom. The average Bonchev–Trinajstić information content (AvgIpc) is 2.55. The molecule has 2 rings (SSSR count). The van der Waals surface area contributed by atoms with Crippen molar-refractivity contribution in [3.05, 3.63) is 75.8 Å². The minimum Gasteiger partial charge on any atom is -0.330 e. The first-order chi connectivity index (χ1) is 10.7. The monoisotopic (exact) mass is 300 g/mol. The molecule has 0 amide bonds. The quantitative estimate of drug-likeness (QED) is 0.644. The van der Waals surface area contributed by atoms with Crippen LogP contribution in [0.4, 0.5) is 5.69 Å². The number of nitrogens with two attached hydrogens (primary N) is 1. The standard InChI is InChI=1S/C10H13NO2.C8H11N/c1-2-3-5-9-6-4-7-10(8-9)11(12)13;9-7-6-8-4-2-1-3-5-8/h4,6-8H,2-3,5H2,1H3;1-5H,6-7,9H2. The molecule has 0 unspecified atom stereocenters. The fraction of sp³-hybridized carbons (Fsp3) is 0.333. The number of hydrogen-bond donors (Lipinski definition) is 1. The van der Waals surface area contributed by atoms with Gasteiger partial charge in [0.1, 0.15) is 0 Å². The van der Waals surface area contributed by atoms with Crippen molar-refractivity contribution in [3.63, 3.8) is 0 Å². The van der Waals surface area contributed by atoms with Gasteiger partial charge in [-0.25, -0.2) is 0 Å². The molecule has 4 nitrogen and oxygen atoms in total. The fourth-order valence-corrected chi connectivity index (χ4v) is 2.02. The van der Waals surface area contributed by atoms with Gasteiger partial charge in [0.25, 0.3) is 5.69 Å². The zero-order chi connectivity index (χ0) is 16.2. The van der Waals surface area contributed by atoms with E-state index in [0.29, 0.717) is 0 Å². The van der Waals surface area contributed by atoms with Crippen LogP contribution < -0.4 is 5.73 Å². The van der Waals surface area contributed by atoms with Gasteiger partial charge in [-0.1, -0.05) is 55.8 Å². The Balaban J connectivity index is 0.000000235. The lowest BCUT2D eigenvalue weighted by Gasteiger charge is -1.98. The van der Waals surface area contributed by atoms with Crippen molar-refractivity contribution >= 4 is 5.69 Å². The number of nitro benzene ring substituents is 1. The van der Waals surface area contributed by atoms with Crippen LogP contribution in [0.3, 0.4) is 0 Å². The first-order valence-corrected chi connectivity index (χ1v) is 7.64. The molecule has 0 aliphatic heterocycles. The van der Waals surface area contributed by atoms with Gasteiger partial charge in [0.15, 0.2) is 0 Å². The summed E-state index contributed by atoms with van der Waals surface area (Å²) in [4.78, 5) is 10.1. The minimum atomic E-state index is -0.352. The Labute approximate surface area is 132 Å². The van der Waals surface area contributed by atoms with Gasteiger partial charge in [0.05, 0.1) is 4.92 Å². The summed E-state index contributed by atoms with van der Waals surface area (Å²) in [6.45, 7) is 2.85. The molecule has 0 radical (unpaired) electrons. The van der Waals surface area contributed by atoms with E-state index in [0.717, 1.165) is 37.8 Å². The Kier molecular flexibility index (Phi) is 8.53. The van der Waals surface area contributed by atoms with E-state index in [4.69, 9.17) is 5.73 Å². The van der Waals surface area contributed by atoms with Gasteiger partial charge in [-0.3, -0.25) is 10.1 Å². The van der Waals surface area contributed by atoms with E-state index in [2.05, 4.69) is 19.1 Å². The van der Waals surface area contributed by atoms with Gasteiger partial charge >= 0.3 is 0 Å². The summed E-state index contributed by atoms with van der Waals surface area (Å²) in [5, 5.41) is 10.4. The second kappa shape index (κ2) is 10.5. The summed E-state index contributed by atoms with van der Waals surface area (Å²) >= 11 is 0. The molecular formula is C18H24N2O2. The first kappa shape index (κ1) is 17.9. The molecule has 0 fully saturated rings. The van der Waals surface area contributed by atoms with Crippen molar-refractivity contribution in [2.75, 3.05) is 6.54 Å². The van der Waals surface area contributed by atoms with Crippen molar-refractivity contribution in [1.29, 1.82) is 0 Å². The number of benzene rings is 2. The van der Waals surface area contributed by atoms with Gasteiger partial charge in [0, 0.05) is 12.1 Å². The highest BCUT2D eigenvalue weighted by Crippen LogP contribution is 2.14. The zero-order valence-corrected chi connectivity index (χ0v) is 13.1. The van der Waals surface area contributed by atoms with Gasteiger partial charge in [0.2, 0.25) is 0 Å². The molecule has 118 valence electrons. The molecule has 0 atom stereocenters. The number of nitrogens with zero attached hydrogens (tertiary/aromatic N) is 1. The van der Waals surface area contributed by atoms with E-state index in [1.807, 2.05) is 24.3 Å². The molecular weight excluding hydrogens is 276 g/mol. The largest absolute Gasteiger partial charge is 0.330 e. The Morgan fingerprint density at radius 1 is 1.00 bits per heavy atom. The van der Waals surface area contributed by atoms with E-state index in [-0.39, 0.29) is 10.6 Å². The van der Waals surface area contributed by atoms with Crippen LogP contribution in [-0.4, -0.2) is 11.5 Å². The molecule has 0 bridgehead atoms. The van der Waals surface area contributed by atoms with Crippen LogP contribution in [0.5, 0.6) is 0 Å². The number of hydrogen-bond acceptors (Lipinski definition) is 3. The molecule has 0 saturated carbocycles. The first-order valence-electron chi connectivity index (χ1n) is 7.64. The third-order valence-electron chi connectivity index (χ3n) is 3.22. The lowest BCUT2D eigenvalue weighted by Crippen LogP contribution is -2.01. The third kappa shape index (κ3) is 6.99. The second-order valence-corrected chi connectivity index (χ2v) is 5.05. The molecule has 0 aliphatic rings. The Morgan fingerprint density at radius 2 is 1.68 bits per heavy atom. The minimum absolute atomic E-state index is 0.189. The van der Waals surface area contributed by atoms with Crippen LogP contribution in [-0.2, 0) is 12.8 Å². The zero-order valence-electron chi connectivity index (χ0n) is 13.1. The van der Waals surface area contributed by atoms with Crippen molar-refractivity contribution in [2.45, 2.75) is 32.6 Å². The van der Waals surface area contributed by atoms with Crippen molar-refractivity contribution in [1.82, 2.24) is 0 Å². The molecule has 0 aliphatic carbocycles. The Hall–Kier alpha value is -2.20. The number of nitro groups is 1. The summed E-state index contributed by atoms with van der Waals surface area (Å²) in [6.07, 6.45) is 4.11. The van der Waals surface area contributed by atoms with E-state index < -0.39 is 0 Å². The number of aryl methyl sites for hydroxylation is 1. The highest BCUT2D eigenvalue weighted by molar-refractivity contribution is 5.34. The predicted molar refractivity (Wildman–Crippen MR) is 90.9 cm³/mol. The van der Waals surface area contributed by atoms with Gasteiger partial charge in [-0.2, -0.15) is 0 Å². The van der Waals surface area contributed by atoms with Gasteiger partial charge in [-0.05, 0) is 36.9 Å². The summed E-state index contributed by atoms with van der Waals surface area (Å²) in [5.41, 5.74) is 7.92. The summed E-state index contributed by atoms with van der Waals surface area (Å²) < 4.78 is 0. The number of non-ortho nitro benzene ring substituents is 1. The number of unbranched alkanes of at least 4 members (excludes halogenated alkanes) is 1. The fourth-order valence-electron chi connectivity index (χ4n) is 2.02. The summed E-state index contributed by atoms with van der Waals surface area (Å²) in [5.74, 6) is 0. The van der Waals surface area contributed by atoms with Crippen LogP contribution in [0, 0.1) is 10.1 Å². The second-order valence-electron chi connectivity index (χ2n) is 5.05. The van der Waals surface area contributed by atoms with Gasteiger partial charge in [-0.15, -0.1) is 0 Å². The van der Waals surface area contributed by atoms with Crippen LogP contribution >= 0.6 is 0 Å². The molecule has 0 aromatic heterocycles. The molecule has 0 saturated heterocycles. The van der Waals surface area contributed by atoms with Crippen molar-refractivity contribution in [3.8, 4) is 0 Å². The highest BCUT2D eigenvalue weighted by Gasteiger charge is 2.04. The van der Waals surface area contributed by atoms with Crippen LogP contribution in [0.25, 0.3) is 0 Å².